The molecule has 2 aromatic rings. The predicted molar refractivity (Wildman–Crippen MR) is 68.3 cm³/mol. The Morgan fingerprint density at radius 1 is 1.18 bits per heavy atom. The van der Waals surface area contributed by atoms with Crippen LogP contribution >= 0.6 is 0 Å². The van der Waals surface area contributed by atoms with Crippen LogP contribution < -0.4 is 0 Å². The van der Waals surface area contributed by atoms with Crippen molar-refractivity contribution in [2.45, 2.75) is 19.4 Å². The SMILES string of the molecule is CCC(C#N)C(O)c1ccc2ccccc2c1. The van der Waals surface area contributed by atoms with E-state index >= 15 is 0 Å². The molecule has 0 aliphatic rings. The van der Waals surface area contributed by atoms with Crippen molar-refractivity contribution in [3.8, 4) is 6.07 Å². The zero-order valence-electron chi connectivity index (χ0n) is 9.80. The summed E-state index contributed by atoms with van der Waals surface area (Å²) in [4.78, 5) is 0. The Bertz CT molecular complexity index is 556. The average Bonchev–Trinajstić information content (AvgIpc) is 2.39. The van der Waals surface area contributed by atoms with E-state index in [4.69, 9.17) is 5.26 Å². The minimum absolute atomic E-state index is 0.337. The lowest BCUT2D eigenvalue weighted by Gasteiger charge is -2.15. The first kappa shape index (κ1) is 11.6. The number of aliphatic hydroxyl groups is 1. The van der Waals surface area contributed by atoms with Crippen molar-refractivity contribution >= 4 is 10.8 Å². The zero-order chi connectivity index (χ0) is 12.3. The molecule has 17 heavy (non-hydrogen) atoms. The van der Waals surface area contributed by atoms with Gasteiger partial charge in [0.05, 0.1) is 18.1 Å². The number of rotatable bonds is 3. The summed E-state index contributed by atoms with van der Waals surface area (Å²) in [6.45, 7) is 1.91. The molecule has 0 spiro atoms. The molecule has 0 aliphatic carbocycles. The maximum atomic E-state index is 10.1. The summed E-state index contributed by atoms with van der Waals surface area (Å²) in [5.41, 5.74) is 0.817. The van der Waals surface area contributed by atoms with Crippen LogP contribution in [0.25, 0.3) is 10.8 Å². The molecule has 2 aromatic carbocycles. The van der Waals surface area contributed by atoms with Gasteiger partial charge in [-0.25, -0.2) is 0 Å². The highest BCUT2D eigenvalue weighted by Crippen LogP contribution is 2.26. The molecule has 2 heteroatoms. The Morgan fingerprint density at radius 3 is 2.53 bits per heavy atom. The number of aliphatic hydroxyl groups excluding tert-OH is 1. The summed E-state index contributed by atoms with van der Waals surface area (Å²) >= 11 is 0. The maximum absolute atomic E-state index is 10.1. The van der Waals surface area contributed by atoms with Crippen molar-refractivity contribution in [3.05, 3.63) is 48.0 Å². The summed E-state index contributed by atoms with van der Waals surface area (Å²) in [5, 5.41) is 21.3. The molecule has 0 saturated heterocycles. The smallest absolute Gasteiger partial charge is 0.0948 e. The van der Waals surface area contributed by atoms with E-state index in [0.29, 0.717) is 6.42 Å². The van der Waals surface area contributed by atoms with Crippen molar-refractivity contribution in [3.63, 3.8) is 0 Å². The largest absolute Gasteiger partial charge is 0.387 e. The van der Waals surface area contributed by atoms with Crippen LogP contribution in [0.1, 0.15) is 25.0 Å². The minimum atomic E-state index is -0.699. The molecule has 0 fully saturated rings. The second-order valence-electron chi connectivity index (χ2n) is 4.20. The second kappa shape index (κ2) is 4.99. The third-order valence-corrected chi connectivity index (χ3v) is 3.10. The molecular formula is C15H15NO. The molecule has 2 atom stereocenters. The summed E-state index contributed by atoms with van der Waals surface area (Å²) in [6.07, 6.45) is -0.0422. The van der Waals surface area contributed by atoms with Crippen LogP contribution in [0.4, 0.5) is 0 Å². The van der Waals surface area contributed by atoms with E-state index in [9.17, 15) is 5.11 Å². The van der Waals surface area contributed by atoms with Crippen LogP contribution in [0, 0.1) is 17.2 Å². The van der Waals surface area contributed by atoms with Crippen LogP contribution in [0.3, 0.4) is 0 Å². The van der Waals surface area contributed by atoms with E-state index in [2.05, 4.69) is 6.07 Å². The quantitative estimate of drug-likeness (QED) is 0.869. The van der Waals surface area contributed by atoms with E-state index in [1.807, 2.05) is 49.4 Å². The van der Waals surface area contributed by atoms with Gasteiger partial charge < -0.3 is 5.11 Å². The first-order valence-corrected chi connectivity index (χ1v) is 5.82. The normalized spacial score (nSPS) is 14.2. The molecule has 1 N–H and O–H groups in total. The minimum Gasteiger partial charge on any atom is -0.387 e. The van der Waals surface area contributed by atoms with Crippen molar-refractivity contribution in [1.29, 1.82) is 5.26 Å². The molecule has 0 bridgehead atoms. The van der Waals surface area contributed by atoms with Crippen LogP contribution in [0.2, 0.25) is 0 Å². The van der Waals surface area contributed by atoms with Crippen molar-refractivity contribution in [2.75, 3.05) is 0 Å². The zero-order valence-corrected chi connectivity index (χ0v) is 9.80. The Balaban J connectivity index is 2.39. The third-order valence-electron chi connectivity index (χ3n) is 3.10. The number of hydrogen-bond donors (Lipinski definition) is 1. The fourth-order valence-corrected chi connectivity index (χ4v) is 2.01. The molecule has 0 aromatic heterocycles. The van der Waals surface area contributed by atoms with Crippen LogP contribution in [-0.4, -0.2) is 5.11 Å². The number of hydrogen-bond acceptors (Lipinski definition) is 2. The van der Waals surface area contributed by atoms with Gasteiger partial charge in [0.2, 0.25) is 0 Å². The molecule has 2 nitrogen and oxygen atoms in total. The summed E-state index contributed by atoms with van der Waals surface area (Å²) in [6, 6.07) is 16.0. The number of fused-ring (bicyclic) bond motifs is 1. The highest BCUT2D eigenvalue weighted by atomic mass is 16.3. The van der Waals surface area contributed by atoms with Gasteiger partial charge in [-0.15, -0.1) is 0 Å². The average molecular weight is 225 g/mol. The van der Waals surface area contributed by atoms with Gasteiger partial charge in [-0.2, -0.15) is 5.26 Å². The second-order valence-corrected chi connectivity index (χ2v) is 4.20. The Morgan fingerprint density at radius 2 is 1.88 bits per heavy atom. The van der Waals surface area contributed by atoms with Gasteiger partial charge in [-0.1, -0.05) is 43.3 Å². The number of nitriles is 1. The van der Waals surface area contributed by atoms with Gasteiger partial charge in [0.15, 0.2) is 0 Å². The molecule has 86 valence electrons. The first-order chi connectivity index (χ1) is 8.26. The monoisotopic (exact) mass is 225 g/mol. The van der Waals surface area contributed by atoms with E-state index in [1.54, 1.807) is 0 Å². The standard InChI is InChI=1S/C15H15NO/c1-2-11(10-16)15(17)14-8-7-12-5-3-4-6-13(12)9-14/h3-9,11,15,17H,2H2,1H3. The van der Waals surface area contributed by atoms with Crippen molar-refractivity contribution < 1.29 is 5.11 Å². The Labute approximate surface area is 101 Å². The molecule has 0 aliphatic heterocycles. The van der Waals surface area contributed by atoms with Gasteiger partial charge in [0.1, 0.15) is 0 Å². The molecule has 0 heterocycles. The maximum Gasteiger partial charge on any atom is 0.0948 e. The molecule has 0 amide bonds. The van der Waals surface area contributed by atoms with E-state index in [-0.39, 0.29) is 5.92 Å². The van der Waals surface area contributed by atoms with Gasteiger partial charge in [0, 0.05) is 0 Å². The van der Waals surface area contributed by atoms with Gasteiger partial charge in [-0.3, -0.25) is 0 Å². The summed E-state index contributed by atoms with van der Waals surface area (Å²) in [5.74, 6) is -0.337. The van der Waals surface area contributed by atoms with Crippen LogP contribution in [0.15, 0.2) is 42.5 Å². The summed E-state index contributed by atoms with van der Waals surface area (Å²) < 4.78 is 0. The highest BCUT2D eigenvalue weighted by Gasteiger charge is 2.18. The van der Waals surface area contributed by atoms with Gasteiger partial charge in [0.25, 0.3) is 0 Å². The lowest BCUT2D eigenvalue weighted by Crippen LogP contribution is -2.09. The van der Waals surface area contributed by atoms with E-state index in [0.717, 1.165) is 16.3 Å². The number of nitrogens with zero attached hydrogens (tertiary/aromatic N) is 1. The third kappa shape index (κ3) is 2.30. The Kier molecular flexibility index (Phi) is 3.41. The van der Waals surface area contributed by atoms with E-state index in [1.165, 1.54) is 0 Å². The van der Waals surface area contributed by atoms with Crippen LogP contribution in [0.5, 0.6) is 0 Å². The Hall–Kier alpha value is -1.85. The fraction of sp³-hybridized carbons (Fsp3) is 0.267. The molecule has 0 radical (unpaired) electrons. The number of benzene rings is 2. The van der Waals surface area contributed by atoms with Crippen LogP contribution in [-0.2, 0) is 0 Å². The summed E-state index contributed by atoms with van der Waals surface area (Å²) in [7, 11) is 0. The topological polar surface area (TPSA) is 44.0 Å². The van der Waals surface area contributed by atoms with E-state index < -0.39 is 6.10 Å². The molecule has 2 rings (SSSR count). The first-order valence-electron chi connectivity index (χ1n) is 5.82. The lowest BCUT2D eigenvalue weighted by molar-refractivity contribution is 0.133. The van der Waals surface area contributed by atoms with Crippen molar-refractivity contribution in [2.24, 2.45) is 5.92 Å². The highest BCUT2D eigenvalue weighted by molar-refractivity contribution is 5.83. The lowest BCUT2D eigenvalue weighted by atomic mass is 9.93. The van der Waals surface area contributed by atoms with Crippen molar-refractivity contribution in [1.82, 2.24) is 0 Å². The predicted octanol–water partition coefficient (Wildman–Crippen LogP) is 3.42. The van der Waals surface area contributed by atoms with Gasteiger partial charge in [-0.05, 0) is 28.8 Å². The molecule has 2 unspecified atom stereocenters. The van der Waals surface area contributed by atoms with Gasteiger partial charge >= 0.3 is 0 Å². The fourth-order valence-electron chi connectivity index (χ4n) is 2.01. The molecule has 0 saturated carbocycles. The molecular weight excluding hydrogens is 210 g/mol.